The molecule has 0 heterocycles. The van der Waals surface area contributed by atoms with Gasteiger partial charge in [-0.05, 0) is 47.9 Å². The Morgan fingerprint density at radius 2 is 1.57 bits per heavy atom. The summed E-state index contributed by atoms with van der Waals surface area (Å²) in [5, 5.41) is 2.71. The molecule has 0 aromatic heterocycles. The zero-order valence-electron chi connectivity index (χ0n) is 16.6. The van der Waals surface area contributed by atoms with Crippen LogP contribution in [0.5, 0.6) is 0 Å². The van der Waals surface area contributed by atoms with Gasteiger partial charge in [-0.2, -0.15) is 4.31 Å². The Bertz CT molecular complexity index is 1100. The van der Waals surface area contributed by atoms with Gasteiger partial charge in [-0.15, -0.1) is 0 Å². The van der Waals surface area contributed by atoms with Gasteiger partial charge in [-0.3, -0.25) is 4.79 Å². The fourth-order valence-corrected chi connectivity index (χ4v) is 4.15. The quantitative estimate of drug-likeness (QED) is 0.587. The largest absolute Gasteiger partial charge is 0.326 e. The highest BCUT2D eigenvalue weighted by molar-refractivity contribution is 7.89. The predicted molar refractivity (Wildman–Crippen MR) is 115 cm³/mol. The van der Waals surface area contributed by atoms with Gasteiger partial charge < -0.3 is 5.32 Å². The number of rotatable bonds is 8. The molecule has 3 aromatic carbocycles. The Hall–Kier alpha value is -3.03. The number of anilines is 1. The molecular formula is C23H23FN2O3S. The first-order valence-electron chi connectivity index (χ1n) is 9.50. The van der Waals surface area contributed by atoms with E-state index in [9.17, 15) is 17.6 Å². The summed E-state index contributed by atoms with van der Waals surface area (Å²) in [5.41, 5.74) is 1.86. The molecule has 156 valence electrons. The van der Waals surface area contributed by atoms with Gasteiger partial charge in [0.05, 0.1) is 4.90 Å². The van der Waals surface area contributed by atoms with E-state index in [4.69, 9.17) is 0 Å². The molecule has 0 spiro atoms. The van der Waals surface area contributed by atoms with Crippen LogP contribution in [0.25, 0.3) is 0 Å². The van der Waals surface area contributed by atoms with E-state index in [2.05, 4.69) is 5.32 Å². The van der Waals surface area contributed by atoms with Gasteiger partial charge in [0, 0.05) is 25.7 Å². The number of hydrogen-bond donors (Lipinski definition) is 1. The van der Waals surface area contributed by atoms with Crippen molar-refractivity contribution in [3.63, 3.8) is 0 Å². The van der Waals surface area contributed by atoms with Crippen LogP contribution in [-0.2, 0) is 27.8 Å². The van der Waals surface area contributed by atoms with Crippen molar-refractivity contribution in [2.75, 3.05) is 12.4 Å². The molecule has 3 aromatic rings. The van der Waals surface area contributed by atoms with E-state index in [1.54, 1.807) is 30.3 Å². The molecular weight excluding hydrogens is 403 g/mol. The zero-order valence-corrected chi connectivity index (χ0v) is 17.4. The molecule has 30 heavy (non-hydrogen) atoms. The second-order valence-electron chi connectivity index (χ2n) is 6.91. The third-order valence-corrected chi connectivity index (χ3v) is 6.49. The summed E-state index contributed by atoms with van der Waals surface area (Å²) in [5.74, 6) is -0.602. The molecule has 0 bridgehead atoms. The smallest absolute Gasteiger partial charge is 0.243 e. The Morgan fingerprint density at radius 3 is 2.23 bits per heavy atom. The van der Waals surface area contributed by atoms with Crippen LogP contribution in [0.2, 0.25) is 0 Å². The minimum absolute atomic E-state index is 0.126. The number of benzene rings is 3. The number of carbonyl (C=O) groups excluding carboxylic acids is 1. The molecule has 0 saturated carbocycles. The van der Waals surface area contributed by atoms with Crippen molar-refractivity contribution in [2.45, 2.75) is 24.3 Å². The molecule has 0 atom stereocenters. The zero-order chi connectivity index (χ0) is 21.6. The van der Waals surface area contributed by atoms with Crippen LogP contribution in [0.1, 0.15) is 17.5 Å². The normalized spacial score (nSPS) is 11.4. The maximum Gasteiger partial charge on any atom is 0.243 e. The SMILES string of the molecule is CN(Cc1ccccc1)S(=O)(=O)c1ccc(NC(=O)CCc2ccccc2F)cc1. The molecule has 0 aliphatic rings. The van der Waals surface area contributed by atoms with Crippen LogP contribution < -0.4 is 5.32 Å². The number of halogens is 1. The van der Waals surface area contributed by atoms with E-state index in [-0.39, 0.29) is 36.0 Å². The standard InChI is InChI=1S/C23H23FN2O3S/c1-26(17-18-7-3-2-4-8-18)30(28,29)21-14-12-20(13-15-21)25-23(27)16-11-19-9-5-6-10-22(19)24/h2-10,12-15H,11,16-17H2,1H3,(H,25,27). The highest BCUT2D eigenvalue weighted by atomic mass is 32.2. The summed E-state index contributed by atoms with van der Waals surface area (Å²) in [7, 11) is -2.13. The Balaban J connectivity index is 1.59. The summed E-state index contributed by atoms with van der Waals surface area (Å²) >= 11 is 0. The van der Waals surface area contributed by atoms with E-state index < -0.39 is 10.0 Å². The van der Waals surface area contributed by atoms with Gasteiger partial charge in [0.1, 0.15) is 5.82 Å². The lowest BCUT2D eigenvalue weighted by Gasteiger charge is -2.17. The fourth-order valence-electron chi connectivity index (χ4n) is 2.99. The van der Waals surface area contributed by atoms with Crippen molar-refractivity contribution in [2.24, 2.45) is 0 Å². The number of nitrogens with one attached hydrogen (secondary N) is 1. The second-order valence-corrected chi connectivity index (χ2v) is 8.96. The number of sulfonamides is 1. The second kappa shape index (κ2) is 9.65. The number of nitrogens with zero attached hydrogens (tertiary/aromatic N) is 1. The van der Waals surface area contributed by atoms with Gasteiger partial charge in [0.15, 0.2) is 0 Å². The van der Waals surface area contributed by atoms with E-state index in [1.807, 2.05) is 30.3 Å². The molecule has 7 heteroatoms. The Labute approximate surface area is 176 Å². The van der Waals surface area contributed by atoms with Crippen molar-refractivity contribution in [1.82, 2.24) is 4.31 Å². The first kappa shape index (κ1) is 21.7. The van der Waals surface area contributed by atoms with E-state index in [0.29, 0.717) is 11.3 Å². The van der Waals surface area contributed by atoms with Gasteiger partial charge in [0.2, 0.25) is 15.9 Å². The highest BCUT2D eigenvalue weighted by Gasteiger charge is 2.20. The summed E-state index contributed by atoms with van der Waals surface area (Å²) in [4.78, 5) is 12.3. The summed E-state index contributed by atoms with van der Waals surface area (Å²) < 4.78 is 40.4. The first-order valence-corrected chi connectivity index (χ1v) is 10.9. The topological polar surface area (TPSA) is 66.5 Å². The molecule has 0 radical (unpaired) electrons. The molecule has 0 aliphatic carbocycles. The van der Waals surface area contributed by atoms with Crippen molar-refractivity contribution >= 4 is 21.6 Å². The summed E-state index contributed by atoms with van der Waals surface area (Å²) in [6.07, 6.45) is 0.413. The molecule has 0 aliphatic heterocycles. The van der Waals surface area contributed by atoms with Gasteiger partial charge >= 0.3 is 0 Å². The van der Waals surface area contributed by atoms with Crippen molar-refractivity contribution in [3.05, 3.63) is 95.8 Å². The monoisotopic (exact) mass is 426 g/mol. The maximum atomic E-state index is 13.6. The average Bonchev–Trinajstić information content (AvgIpc) is 2.74. The number of hydrogen-bond acceptors (Lipinski definition) is 3. The van der Waals surface area contributed by atoms with Crippen LogP contribution in [0.15, 0.2) is 83.8 Å². The number of carbonyl (C=O) groups is 1. The Kier molecular flexibility index (Phi) is 6.97. The van der Waals surface area contributed by atoms with Crippen LogP contribution in [-0.4, -0.2) is 25.7 Å². The lowest BCUT2D eigenvalue weighted by Crippen LogP contribution is -2.26. The predicted octanol–water partition coefficient (Wildman–Crippen LogP) is 4.22. The van der Waals surface area contributed by atoms with E-state index in [1.165, 1.54) is 29.6 Å². The van der Waals surface area contributed by atoms with Crippen LogP contribution in [0.3, 0.4) is 0 Å². The van der Waals surface area contributed by atoms with Gasteiger partial charge in [0.25, 0.3) is 0 Å². The molecule has 3 rings (SSSR count). The van der Waals surface area contributed by atoms with E-state index >= 15 is 0 Å². The summed E-state index contributed by atoms with van der Waals surface area (Å²) in [6.45, 7) is 0.262. The first-order chi connectivity index (χ1) is 14.4. The molecule has 0 unspecified atom stereocenters. The average molecular weight is 427 g/mol. The minimum atomic E-state index is -3.65. The molecule has 1 N–H and O–H groups in total. The molecule has 0 fully saturated rings. The highest BCUT2D eigenvalue weighted by Crippen LogP contribution is 2.19. The molecule has 1 amide bonds. The van der Waals surface area contributed by atoms with Crippen molar-refractivity contribution in [1.29, 1.82) is 0 Å². The molecule has 0 saturated heterocycles. The third kappa shape index (κ3) is 5.52. The Morgan fingerprint density at radius 1 is 0.933 bits per heavy atom. The molecule has 5 nitrogen and oxygen atoms in total. The minimum Gasteiger partial charge on any atom is -0.326 e. The van der Waals surface area contributed by atoms with Crippen LogP contribution in [0.4, 0.5) is 10.1 Å². The van der Waals surface area contributed by atoms with Crippen molar-refractivity contribution < 1.29 is 17.6 Å². The van der Waals surface area contributed by atoms with E-state index in [0.717, 1.165) is 5.56 Å². The number of amides is 1. The maximum absolute atomic E-state index is 13.6. The van der Waals surface area contributed by atoms with Gasteiger partial charge in [-0.1, -0.05) is 48.5 Å². The van der Waals surface area contributed by atoms with Gasteiger partial charge in [-0.25, -0.2) is 12.8 Å². The summed E-state index contributed by atoms with van der Waals surface area (Å²) in [6, 6.07) is 21.7. The van der Waals surface area contributed by atoms with Crippen LogP contribution in [0, 0.1) is 5.82 Å². The lowest BCUT2D eigenvalue weighted by atomic mass is 10.1. The van der Waals surface area contributed by atoms with Crippen LogP contribution >= 0.6 is 0 Å². The third-order valence-electron chi connectivity index (χ3n) is 4.67. The van der Waals surface area contributed by atoms with Crippen molar-refractivity contribution in [3.8, 4) is 0 Å². The lowest BCUT2D eigenvalue weighted by molar-refractivity contribution is -0.116. The number of aryl methyl sites for hydroxylation is 1. The fraction of sp³-hybridized carbons (Fsp3) is 0.174.